The number of hydrogen-bond donors (Lipinski definition) is 0. The van der Waals surface area contributed by atoms with Gasteiger partial charge < -0.3 is 9.32 Å². The molecule has 0 N–H and O–H groups in total. The van der Waals surface area contributed by atoms with Crippen molar-refractivity contribution in [3.63, 3.8) is 0 Å². The fourth-order valence-corrected chi connectivity index (χ4v) is 7.43. The van der Waals surface area contributed by atoms with Gasteiger partial charge in [0.05, 0.1) is 17.3 Å². The summed E-state index contributed by atoms with van der Waals surface area (Å²) in [5.41, 5.74) is 9.24. The summed E-state index contributed by atoms with van der Waals surface area (Å²) in [7, 11) is 0. The van der Waals surface area contributed by atoms with Gasteiger partial charge in [-0.05, 0) is 91.6 Å². The zero-order chi connectivity index (χ0) is 33.0. The predicted molar refractivity (Wildman–Crippen MR) is 210 cm³/mol. The van der Waals surface area contributed by atoms with Gasteiger partial charge in [0.1, 0.15) is 5.58 Å². The molecule has 3 nitrogen and oxygen atoms in total. The molecule has 0 unspecified atom stereocenters. The highest BCUT2D eigenvalue weighted by Crippen LogP contribution is 2.42. The minimum Gasteiger partial charge on any atom is -0.437 e. The minimum absolute atomic E-state index is 0.634. The Morgan fingerprint density at radius 3 is 1.84 bits per heavy atom. The summed E-state index contributed by atoms with van der Waals surface area (Å²) < 4.78 is 6.41. The van der Waals surface area contributed by atoms with Gasteiger partial charge in [0.2, 0.25) is 5.71 Å². The number of anilines is 3. The van der Waals surface area contributed by atoms with Gasteiger partial charge in [-0.2, -0.15) is 0 Å². The van der Waals surface area contributed by atoms with E-state index in [-0.39, 0.29) is 0 Å². The molecule has 50 heavy (non-hydrogen) atoms. The van der Waals surface area contributed by atoms with E-state index in [1.165, 1.54) is 32.7 Å². The molecule has 0 aliphatic carbocycles. The number of benzene rings is 8. The van der Waals surface area contributed by atoms with Crippen LogP contribution in [0.25, 0.3) is 76.6 Å². The van der Waals surface area contributed by atoms with Gasteiger partial charge in [0.25, 0.3) is 0 Å². The Labute approximate surface area is 289 Å². The topological polar surface area (TPSA) is 29.3 Å². The molecule has 234 valence electrons. The highest BCUT2D eigenvalue weighted by atomic mass is 16.3. The number of furan rings is 1. The van der Waals surface area contributed by atoms with Crippen molar-refractivity contribution in [1.82, 2.24) is 4.98 Å². The van der Waals surface area contributed by atoms with Crippen LogP contribution in [0, 0.1) is 0 Å². The second kappa shape index (κ2) is 11.5. The van der Waals surface area contributed by atoms with E-state index in [2.05, 4.69) is 181 Å². The largest absolute Gasteiger partial charge is 0.437 e. The lowest BCUT2D eigenvalue weighted by Gasteiger charge is -2.26. The van der Waals surface area contributed by atoms with Gasteiger partial charge in [0, 0.05) is 22.1 Å². The van der Waals surface area contributed by atoms with E-state index in [0.29, 0.717) is 5.71 Å². The maximum atomic E-state index is 6.41. The molecule has 10 rings (SSSR count). The molecule has 0 atom stereocenters. The monoisotopic (exact) mass is 638 g/mol. The Bertz CT molecular complexity index is 2900. The summed E-state index contributed by atoms with van der Waals surface area (Å²) in [6.07, 6.45) is 1.93. The molecule has 0 spiro atoms. The third-order valence-corrected chi connectivity index (χ3v) is 9.86. The molecule has 8 aromatic carbocycles. The van der Waals surface area contributed by atoms with Gasteiger partial charge in [-0.3, -0.25) is 0 Å². The van der Waals surface area contributed by atoms with Gasteiger partial charge >= 0.3 is 0 Å². The van der Waals surface area contributed by atoms with Crippen LogP contribution in [0.2, 0.25) is 0 Å². The van der Waals surface area contributed by atoms with Crippen LogP contribution in [0.3, 0.4) is 0 Å². The Kier molecular flexibility index (Phi) is 6.49. The lowest BCUT2D eigenvalue weighted by atomic mass is 9.97. The van der Waals surface area contributed by atoms with E-state index in [1.807, 2.05) is 6.20 Å². The fourth-order valence-electron chi connectivity index (χ4n) is 7.43. The maximum Gasteiger partial charge on any atom is 0.227 e. The van der Waals surface area contributed by atoms with Gasteiger partial charge in [0.15, 0.2) is 0 Å². The first-order chi connectivity index (χ1) is 24.8. The molecule has 10 aromatic rings. The van der Waals surface area contributed by atoms with Crippen molar-refractivity contribution in [1.29, 1.82) is 0 Å². The molecule has 0 saturated carbocycles. The molecule has 0 bridgehead atoms. The van der Waals surface area contributed by atoms with Gasteiger partial charge in [-0.1, -0.05) is 133 Å². The summed E-state index contributed by atoms with van der Waals surface area (Å²) in [6.45, 7) is 0. The van der Waals surface area contributed by atoms with Crippen LogP contribution in [0.1, 0.15) is 0 Å². The third-order valence-electron chi connectivity index (χ3n) is 9.86. The number of rotatable bonds is 5. The molecule has 3 heteroatoms. The summed E-state index contributed by atoms with van der Waals surface area (Å²) in [5.74, 6) is 0. The number of fused-ring (bicyclic) bond motifs is 7. The lowest BCUT2D eigenvalue weighted by molar-refractivity contribution is 0.657. The van der Waals surface area contributed by atoms with Crippen molar-refractivity contribution in [3.05, 3.63) is 182 Å². The Balaban J connectivity index is 1.17. The van der Waals surface area contributed by atoms with E-state index >= 15 is 0 Å². The molecule has 0 aliphatic heterocycles. The lowest BCUT2D eigenvalue weighted by Crippen LogP contribution is -2.10. The summed E-state index contributed by atoms with van der Waals surface area (Å²) >= 11 is 0. The van der Waals surface area contributed by atoms with Crippen molar-refractivity contribution >= 4 is 71.4 Å². The molecular weight excluding hydrogens is 609 g/mol. The first-order valence-corrected chi connectivity index (χ1v) is 16.9. The van der Waals surface area contributed by atoms with Crippen molar-refractivity contribution in [2.24, 2.45) is 0 Å². The predicted octanol–water partition coefficient (Wildman–Crippen LogP) is 13.2. The Hall–Kier alpha value is -6.71. The summed E-state index contributed by atoms with van der Waals surface area (Å²) in [6, 6.07) is 62.8. The smallest absolute Gasteiger partial charge is 0.227 e. The highest BCUT2D eigenvalue weighted by Gasteiger charge is 2.19. The van der Waals surface area contributed by atoms with Crippen LogP contribution in [-0.4, -0.2) is 4.98 Å². The van der Waals surface area contributed by atoms with Crippen LogP contribution >= 0.6 is 0 Å². The maximum absolute atomic E-state index is 6.41. The van der Waals surface area contributed by atoms with Crippen molar-refractivity contribution in [3.8, 4) is 22.3 Å². The van der Waals surface area contributed by atoms with Gasteiger partial charge in [-0.15, -0.1) is 0 Å². The first kappa shape index (κ1) is 28.3. The molecular formula is C47H30N2O. The number of hydrogen-bond acceptors (Lipinski definition) is 3. The van der Waals surface area contributed by atoms with Crippen LogP contribution in [0.15, 0.2) is 187 Å². The van der Waals surface area contributed by atoms with Crippen LogP contribution < -0.4 is 4.90 Å². The number of aromatic nitrogens is 1. The second-order valence-corrected chi connectivity index (χ2v) is 12.8. The van der Waals surface area contributed by atoms with E-state index in [1.54, 1.807) is 0 Å². The second-order valence-electron chi connectivity index (χ2n) is 12.8. The standard InChI is InChI=1S/C47H30N2O/c1-2-13-34-26-36(23-22-31(34)10-1)35-15-7-17-38(27-35)49(39-18-8-16-37(28-39)42-21-9-14-32-11-3-5-19-41(32)42)40-29-45-44-25-24-33-12-4-6-20-43(33)46(44)50-47(45)48-30-40/h1-30H. The molecule has 0 saturated heterocycles. The molecule has 0 fully saturated rings. The zero-order valence-electron chi connectivity index (χ0n) is 27.1. The quantitative estimate of drug-likeness (QED) is 0.188. The average Bonchev–Trinajstić information content (AvgIpc) is 3.56. The molecule has 0 amide bonds. The first-order valence-electron chi connectivity index (χ1n) is 16.9. The van der Waals surface area contributed by atoms with Crippen molar-refractivity contribution in [2.75, 3.05) is 4.90 Å². The normalized spacial score (nSPS) is 11.6. The number of nitrogens with zero attached hydrogens (tertiary/aromatic N) is 2. The van der Waals surface area contributed by atoms with Crippen molar-refractivity contribution < 1.29 is 4.42 Å². The summed E-state index contributed by atoms with van der Waals surface area (Å²) in [5, 5.41) is 9.21. The van der Waals surface area contributed by atoms with E-state index in [0.717, 1.165) is 55.3 Å². The van der Waals surface area contributed by atoms with E-state index < -0.39 is 0 Å². The van der Waals surface area contributed by atoms with E-state index in [9.17, 15) is 0 Å². The summed E-state index contributed by atoms with van der Waals surface area (Å²) in [4.78, 5) is 7.24. The Morgan fingerprint density at radius 1 is 0.380 bits per heavy atom. The molecule has 0 aliphatic rings. The third kappa shape index (κ3) is 4.71. The van der Waals surface area contributed by atoms with Crippen LogP contribution in [0.4, 0.5) is 17.1 Å². The van der Waals surface area contributed by atoms with Gasteiger partial charge in [-0.25, -0.2) is 4.98 Å². The number of pyridine rings is 1. The molecule has 2 aromatic heterocycles. The fraction of sp³-hybridized carbons (Fsp3) is 0. The molecule has 0 radical (unpaired) electrons. The zero-order valence-corrected chi connectivity index (χ0v) is 27.1. The van der Waals surface area contributed by atoms with E-state index in [4.69, 9.17) is 9.40 Å². The van der Waals surface area contributed by atoms with Crippen LogP contribution in [0.5, 0.6) is 0 Å². The highest BCUT2D eigenvalue weighted by molar-refractivity contribution is 6.15. The SMILES string of the molecule is c1cc(-c2ccc3ccccc3c2)cc(N(c2cccc(-c3cccc4ccccc34)c2)c2cnc3oc4c5ccccc5ccc4c3c2)c1. The van der Waals surface area contributed by atoms with Crippen molar-refractivity contribution in [2.45, 2.75) is 0 Å². The average molecular weight is 639 g/mol. The molecule has 2 heterocycles. The van der Waals surface area contributed by atoms with Crippen LogP contribution in [-0.2, 0) is 0 Å². The Morgan fingerprint density at radius 2 is 1.00 bits per heavy atom. The minimum atomic E-state index is 0.634.